The number of nitrogens with one attached hydrogen (secondary N) is 1. The van der Waals surface area contributed by atoms with Crippen LogP contribution in [0.25, 0.3) is 0 Å². The van der Waals surface area contributed by atoms with Gasteiger partial charge in [0.15, 0.2) is 11.5 Å². The van der Waals surface area contributed by atoms with E-state index < -0.39 is 0 Å². The third kappa shape index (κ3) is 5.57. The molecule has 2 aromatic rings. The van der Waals surface area contributed by atoms with Crippen molar-refractivity contribution in [3.63, 3.8) is 0 Å². The molecule has 0 spiro atoms. The van der Waals surface area contributed by atoms with Crippen LogP contribution in [0.2, 0.25) is 0 Å². The monoisotopic (exact) mass is 331 g/mol. The summed E-state index contributed by atoms with van der Waals surface area (Å²) >= 11 is 0. The maximum absolute atomic E-state index is 12.8. The van der Waals surface area contributed by atoms with E-state index in [1.165, 1.54) is 12.1 Å². The minimum atomic E-state index is -0.273. The molecule has 0 saturated carbocycles. The lowest BCUT2D eigenvalue weighted by atomic mass is 10.1. The topological polar surface area (TPSA) is 47.6 Å². The van der Waals surface area contributed by atoms with Gasteiger partial charge >= 0.3 is 0 Å². The molecule has 2 aromatic carbocycles. The Hall–Kier alpha value is -2.56. The van der Waals surface area contributed by atoms with E-state index in [-0.39, 0.29) is 17.8 Å². The second-order valence-corrected chi connectivity index (χ2v) is 5.56. The quantitative estimate of drug-likeness (QED) is 0.807. The van der Waals surface area contributed by atoms with Gasteiger partial charge in [-0.25, -0.2) is 4.39 Å². The SMILES string of the molecule is COc1ccccc1OC[C@@H](C)NC(=O)CCc1ccc(F)cc1. The van der Waals surface area contributed by atoms with Crippen LogP contribution in [0.1, 0.15) is 18.9 Å². The number of benzene rings is 2. The molecule has 1 N–H and O–H groups in total. The van der Waals surface area contributed by atoms with Crippen LogP contribution in [-0.2, 0) is 11.2 Å². The van der Waals surface area contributed by atoms with Gasteiger partial charge in [-0.15, -0.1) is 0 Å². The van der Waals surface area contributed by atoms with Crippen molar-refractivity contribution in [2.45, 2.75) is 25.8 Å². The zero-order chi connectivity index (χ0) is 17.4. The van der Waals surface area contributed by atoms with Gasteiger partial charge in [-0.05, 0) is 43.2 Å². The summed E-state index contributed by atoms with van der Waals surface area (Å²) in [4.78, 5) is 12.0. The number of carbonyl (C=O) groups excluding carboxylic acids is 1. The van der Waals surface area contributed by atoms with Gasteiger partial charge in [0.05, 0.1) is 13.2 Å². The van der Waals surface area contributed by atoms with Crippen molar-refractivity contribution in [2.75, 3.05) is 13.7 Å². The van der Waals surface area contributed by atoms with Crippen molar-refractivity contribution in [2.24, 2.45) is 0 Å². The van der Waals surface area contributed by atoms with Crippen LogP contribution in [0.5, 0.6) is 11.5 Å². The first-order valence-corrected chi connectivity index (χ1v) is 7.88. The van der Waals surface area contributed by atoms with E-state index in [2.05, 4.69) is 5.32 Å². The number of aryl methyl sites for hydroxylation is 1. The van der Waals surface area contributed by atoms with Gasteiger partial charge in [-0.3, -0.25) is 4.79 Å². The fourth-order valence-electron chi connectivity index (χ4n) is 2.25. The van der Waals surface area contributed by atoms with E-state index in [4.69, 9.17) is 9.47 Å². The normalized spacial score (nSPS) is 11.6. The van der Waals surface area contributed by atoms with Crippen LogP contribution < -0.4 is 14.8 Å². The highest BCUT2D eigenvalue weighted by Crippen LogP contribution is 2.25. The number of amides is 1. The van der Waals surface area contributed by atoms with Crippen LogP contribution in [0.15, 0.2) is 48.5 Å². The predicted molar refractivity (Wildman–Crippen MR) is 90.8 cm³/mol. The Labute approximate surface area is 141 Å². The lowest BCUT2D eigenvalue weighted by molar-refractivity contribution is -0.121. The molecule has 0 saturated heterocycles. The molecule has 24 heavy (non-hydrogen) atoms. The van der Waals surface area contributed by atoms with Crippen molar-refractivity contribution in [1.82, 2.24) is 5.32 Å². The first-order chi connectivity index (χ1) is 11.6. The van der Waals surface area contributed by atoms with Crippen LogP contribution in [0, 0.1) is 5.82 Å². The van der Waals surface area contributed by atoms with Gasteiger partial charge in [-0.2, -0.15) is 0 Å². The molecule has 1 atom stereocenters. The zero-order valence-electron chi connectivity index (χ0n) is 13.9. The Bertz CT molecular complexity index is 658. The van der Waals surface area contributed by atoms with E-state index >= 15 is 0 Å². The van der Waals surface area contributed by atoms with Crippen LogP contribution in [0.4, 0.5) is 4.39 Å². The lowest BCUT2D eigenvalue weighted by Gasteiger charge is -2.16. The van der Waals surface area contributed by atoms with Gasteiger partial charge in [0.2, 0.25) is 5.91 Å². The molecule has 0 aliphatic carbocycles. The summed E-state index contributed by atoms with van der Waals surface area (Å²) in [5.74, 6) is 0.973. The molecule has 0 heterocycles. The average Bonchev–Trinajstić information content (AvgIpc) is 2.59. The fourth-order valence-corrected chi connectivity index (χ4v) is 2.25. The van der Waals surface area contributed by atoms with Crippen molar-refractivity contribution in [3.8, 4) is 11.5 Å². The summed E-state index contributed by atoms with van der Waals surface area (Å²) in [6.07, 6.45) is 0.927. The van der Waals surface area contributed by atoms with E-state index in [1.807, 2.05) is 31.2 Å². The average molecular weight is 331 g/mol. The van der Waals surface area contributed by atoms with Crippen LogP contribution in [0.3, 0.4) is 0 Å². The van der Waals surface area contributed by atoms with E-state index in [9.17, 15) is 9.18 Å². The smallest absolute Gasteiger partial charge is 0.220 e. The Balaban J connectivity index is 1.74. The van der Waals surface area contributed by atoms with Crippen molar-refractivity contribution >= 4 is 5.91 Å². The molecule has 0 fully saturated rings. The summed E-state index contributed by atoms with van der Waals surface area (Å²) in [6, 6.07) is 13.4. The summed E-state index contributed by atoms with van der Waals surface area (Å²) in [5.41, 5.74) is 0.935. The molecule has 4 nitrogen and oxygen atoms in total. The second kappa shape index (κ2) is 8.91. The van der Waals surface area contributed by atoms with E-state index in [0.29, 0.717) is 30.9 Å². The molecule has 1 amide bonds. The maximum Gasteiger partial charge on any atom is 0.220 e. The van der Waals surface area contributed by atoms with Gasteiger partial charge in [-0.1, -0.05) is 24.3 Å². The molecule has 5 heteroatoms. The minimum absolute atomic E-state index is 0.0598. The highest BCUT2D eigenvalue weighted by Gasteiger charge is 2.10. The molecule has 0 bridgehead atoms. The molecule has 0 aromatic heterocycles. The number of rotatable bonds is 8. The zero-order valence-corrected chi connectivity index (χ0v) is 13.9. The Morgan fingerprint density at radius 3 is 2.46 bits per heavy atom. The first-order valence-electron chi connectivity index (χ1n) is 7.88. The number of ether oxygens (including phenoxy) is 2. The third-order valence-electron chi connectivity index (χ3n) is 3.52. The van der Waals surface area contributed by atoms with Gasteiger partial charge in [0.25, 0.3) is 0 Å². The molecular formula is C19H22FNO3. The Kier molecular flexibility index (Phi) is 6.61. The summed E-state index contributed by atoms with van der Waals surface area (Å²) in [5, 5.41) is 2.89. The predicted octanol–water partition coefficient (Wildman–Crippen LogP) is 3.35. The number of hydrogen-bond donors (Lipinski definition) is 1. The van der Waals surface area contributed by atoms with Crippen LogP contribution >= 0.6 is 0 Å². The summed E-state index contributed by atoms with van der Waals surface area (Å²) in [7, 11) is 1.59. The maximum atomic E-state index is 12.8. The summed E-state index contributed by atoms with van der Waals surface area (Å²) < 4.78 is 23.7. The summed E-state index contributed by atoms with van der Waals surface area (Å²) in [6.45, 7) is 2.23. The lowest BCUT2D eigenvalue weighted by Crippen LogP contribution is -2.36. The third-order valence-corrected chi connectivity index (χ3v) is 3.52. The van der Waals surface area contributed by atoms with Crippen molar-refractivity contribution in [1.29, 1.82) is 0 Å². The Morgan fingerprint density at radius 1 is 1.12 bits per heavy atom. The van der Waals surface area contributed by atoms with Crippen LogP contribution in [-0.4, -0.2) is 25.7 Å². The first kappa shape index (κ1) is 17.8. The van der Waals surface area contributed by atoms with Crippen molar-refractivity contribution < 1.29 is 18.7 Å². The molecule has 0 radical (unpaired) electrons. The highest BCUT2D eigenvalue weighted by molar-refractivity contribution is 5.76. The molecule has 0 unspecified atom stereocenters. The largest absolute Gasteiger partial charge is 0.493 e. The molecule has 128 valence electrons. The fraction of sp³-hybridized carbons (Fsp3) is 0.316. The van der Waals surface area contributed by atoms with Gasteiger partial charge < -0.3 is 14.8 Å². The molecular weight excluding hydrogens is 309 g/mol. The number of para-hydroxylation sites is 2. The molecule has 0 aliphatic rings. The molecule has 2 rings (SSSR count). The highest BCUT2D eigenvalue weighted by atomic mass is 19.1. The number of hydrogen-bond acceptors (Lipinski definition) is 3. The Morgan fingerprint density at radius 2 is 1.79 bits per heavy atom. The number of halogens is 1. The molecule has 0 aliphatic heterocycles. The van der Waals surface area contributed by atoms with E-state index in [0.717, 1.165) is 5.56 Å². The van der Waals surface area contributed by atoms with E-state index in [1.54, 1.807) is 19.2 Å². The van der Waals surface area contributed by atoms with Gasteiger partial charge in [0, 0.05) is 6.42 Å². The van der Waals surface area contributed by atoms with Crippen molar-refractivity contribution in [3.05, 3.63) is 59.9 Å². The number of carbonyl (C=O) groups is 1. The number of methoxy groups -OCH3 is 1. The second-order valence-electron chi connectivity index (χ2n) is 5.56. The minimum Gasteiger partial charge on any atom is -0.493 e. The van der Waals surface area contributed by atoms with Gasteiger partial charge in [0.1, 0.15) is 12.4 Å². The standard InChI is InChI=1S/C19H22FNO3/c1-14(13-24-18-6-4-3-5-17(18)23-2)21-19(22)12-9-15-7-10-16(20)11-8-15/h3-8,10-11,14H,9,12-13H2,1-2H3,(H,21,22)/t14-/m1/s1.